The molecular formula is C25H26O3. The Labute approximate surface area is 165 Å². The molecule has 2 aromatic carbocycles. The smallest absolute Gasteiger partial charge is 0.328 e. The number of carbonyl (C=O) groups is 1. The van der Waals surface area contributed by atoms with E-state index in [1.54, 1.807) is 18.2 Å². The van der Waals surface area contributed by atoms with Gasteiger partial charge in [0.25, 0.3) is 0 Å². The highest BCUT2D eigenvalue weighted by Crippen LogP contribution is 2.61. The van der Waals surface area contributed by atoms with Gasteiger partial charge in [0.1, 0.15) is 5.75 Å². The fourth-order valence-corrected chi connectivity index (χ4v) is 6.60. The highest BCUT2D eigenvalue weighted by molar-refractivity contribution is 5.86. The number of phenolic OH excluding ortho intramolecular Hbond substituents is 1. The summed E-state index contributed by atoms with van der Waals surface area (Å²) in [6.45, 7) is 0. The number of hydrogen-bond acceptors (Lipinski definition) is 2. The van der Waals surface area contributed by atoms with Crippen molar-refractivity contribution in [1.82, 2.24) is 0 Å². The van der Waals surface area contributed by atoms with E-state index >= 15 is 0 Å². The first-order valence-corrected chi connectivity index (χ1v) is 10.4. The van der Waals surface area contributed by atoms with E-state index in [-0.39, 0.29) is 11.2 Å². The molecule has 4 aliphatic rings. The fraction of sp³-hybridized carbons (Fsp3) is 0.400. The van der Waals surface area contributed by atoms with Crippen molar-refractivity contribution in [1.29, 1.82) is 0 Å². The molecule has 2 aromatic rings. The van der Waals surface area contributed by atoms with Gasteiger partial charge in [-0.2, -0.15) is 0 Å². The van der Waals surface area contributed by atoms with Crippen LogP contribution < -0.4 is 0 Å². The van der Waals surface area contributed by atoms with Crippen molar-refractivity contribution in [2.75, 3.05) is 0 Å². The van der Waals surface area contributed by atoms with Crippen LogP contribution >= 0.6 is 0 Å². The van der Waals surface area contributed by atoms with E-state index in [1.165, 1.54) is 50.2 Å². The molecule has 4 saturated carbocycles. The molecule has 4 aliphatic carbocycles. The zero-order valence-electron chi connectivity index (χ0n) is 16.0. The number of benzene rings is 2. The molecular weight excluding hydrogens is 348 g/mol. The van der Waals surface area contributed by atoms with Gasteiger partial charge in [0.2, 0.25) is 0 Å². The van der Waals surface area contributed by atoms with Crippen molar-refractivity contribution in [3.63, 3.8) is 0 Å². The largest absolute Gasteiger partial charge is 0.508 e. The van der Waals surface area contributed by atoms with E-state index in [0.717, 1.165) is 34.4 Å². The van der Waals surface area contributed by atoms with E-state index in [1.807, 2.05) is 12.1 Å². The predicted molar refractivity (Wildman–Crippen MR) is 110 cm³/mol. The molecule has 6 rings (SSSR count). The van der Waals surface area contributed by atoms with Gasteiger partial charge in [-0.05, 0) is 108 Å². The molecule has 3 heteroatoms. The molecule has 0 aliphatic heterocycles. The van der Waals surface area contributed by atoms with Gasteiger partial charge in [0.15, 0.2) is 0 Å². The quantitative estimate of drug-likeness (QED) is 0.683. The van der Waals surface area contributed by atoms with Crippen LogP contribution in [-0.2, 0) is 10.2 Å². The van der Waals surface area contributed by atoms with E-state index in [2.05, 4.69) is 18.2 Å². The molecule has 0 amide bonds. The van der Waals surface area contributed by atoms with Crippen LogP contribution in [0.3, 0.4) is 0 Å². The summed E-state index contributed by atoms with van der Waals surface area (Å²) in [5, 5.41) is 18.8. The molecule has 4 bridgehead atoms. The predicted octanol–water partition coefficient (Wildman–Crippen LogP) is 5.62. The average molecular weight is 374 g/mol. The highest BCUT2D eigenvalue weighted by atomic mass is 16.4. The molecule has 0 aromatic heterocycles. The summed E-state index contributed by atoms with van der Waals surface area (Å²) in [6.07, 6.45) is 10.9. The van der Waals surface area contributed by atoms with Gasteiger partial charge in [-0.3, -0.25) is 0 Å². The maximum absolute atomic E-state index is 11.1. The molecule has 0 atom stereocenters. The second-order valence-electron chi connectivity index (χ2n) is 9.22. The molecule has 2 N–H and O–H groups in total. The Morgan fingerprint density at radius 1 is 0.893 bits per heavy atom. The summed E-state index contributed by atoms with van der Waals surface area (Å²) in [5.74, 6) is 1.87. The molecule has 0 saturated heterocycles. The molecule has 0 unspecified atom stereocenters. The summed E-state index contributed by atoms with van der Waals surface area (Å²) in [7, 11) is 0. The van der Waals surface area contributed by atoms with Crippen molar-refractivity contribution in [3.05, 3.63) is 59.7 Å². The topological polar surface area (TPSA) is 57.5 Å². The SMILES string of the molecule is O=C(O)C=Cc1ccc(-c2ccc(O)cc2)cc1C12CC3CC(CC(C3)C1)C2. The molecule has 0 heterocycles. The Bertz CT molecular complexity index is 903. The number of rotatable bonds is 4. The number of carboxylic acids is 1. The number of aliphatic carboxylic acids is 1. The van der Waals surface area contributed by atoms with Gasteiger partial charge in [-0.15, -0.1) is 0 Å². The van der Waals surface area contributed by atoms with Gasteiger partial charge >= 0.3 is 5.97 Å². The van der Waals surface area contributed by atoms with Crippen molar-refractivity contribution >= 4 is 12.0 Å². The van der Waals surface area contributed by atoms with Crippen LogP contribution in [0.15, 0.2) is 48.5 Å². The van der Waals surface area contributed by atoms with Crippen molar-refractivity contribution in [2.24, 2.45) is 17.8 Å². The van der Waals surface area contributed by atoms with E-state index in [4.69, 9.17) is 5.11 Å². The Morgan fingerprint density at radius 3 is 2.04 bits per heavy atom. The highest BCUT2D eigenvalue weighted by Gasteiger charge is 2.52. The van der Waals surface area contributed by atoms with Crippen LogP contribution in [0.2, 0.25) is 0 Å². The van der Waals surface area contributed by atoms with Gasteiger partial charge < -0.3 is 10.2 Å². The molecule has 144 valence electrons. The molecule has 0 spiro atoms. The van der Waals surface area contributed by atoms with Crippen LogP contribution in [0.25, 0.3) is 17.2 Å². The van der Waals surface area contributed by atoms with E-state index < -0.39 is 5.97 Å². The molecule has 28 heavy (non-hydrogen) atoms. The molecule has 3 nitrogen and oxygen atoms in total. The zero-order valence-corrected chi connectivity index (χ0v) is 16.0. The summed E-state index contributed by atoms with van der Waals surface area (Å²) < 4.78 is 0. The average Bonchev–Trinajstić information content (AvgIpc) is 2.66. The van der Waals surface area contributed by atoms with Crippen molar-refractivity contribution in [3.8, 4) is 16.9 Å². The molecule has 4 fully saturated rings. The second-order valence-corrected chi connectivity index (χ2v) is 9.22. The third-order valence-electron chi connectivity index (χ3n) is 7.27. The van der Waals surface area contributed by atoms with Crippen LogP contribution in [0.5, 0.6) is 5.75 Å². The number of aromatic hydroxyl groups is 1. The third kappa shape index (κ3) is 3.03. The van der Waals surface area contributed by atoms with E-state index in [9.17, 15) is 9.90 Å². The lowest BCUT2D eigenvalue weighted by Gasteiger charge is -2.57. The van der Waals surface area contributed by atoms with Crippen LogP contribution in [-0.4, -0.2) is 16.2 Å². The number of carboxylic acid groups (broad SMARTS) is 1. The Hall–Kier alpha value is -2.55. The Kier molecular flexibility index (Phi) is 4.08. The van der Waals surface area contributed by atoms with Crippen LogP contribution in [0.4, 0.5) is 0 Å². The lowest BCUT2D eigenvalue weighted by atomic mass is 9.47. The van der Waals surface area contributed by atoms with Gasteiger partial charge in [-0.1, -0.05) is 24.3 Å². The van der Waals surface area contributed by atoms with Gasteiger partial charge in [-0.25, -0.2) is 4.79 Å². The lowest BCUT2D eigenvalue weighted by Crippen LogP contribution is -2.48. The maximum atomic E-state index is 11.1. The van der Waals surface area contributed by atoms with E-state index in [0.29, 0.717) is 0 Å². The van der Waals surface area contributed by atoms with Gasteiger partial charge in [0, 0.05) is 6.08 Å². The van der Waals surface area contributed by atoms with Gasteiger partial charge in [0.05, 0.1) is 0 Å². The molecule has 0 radical (unpaired) electrons. The normalized spacial score (nSPS) is 30.8. The summed E-state index contributed by atoms with van der Waals surface area (Å²) in [6, 6.07) is 13.8. The third-order valence-corrected chi connectivity index (χ3v) is 7.27. The monoisotopic (exact) mass is 374 g/mol. The zero-order chi connectivity index (χ0) is 19.3. The number of phenols is 1. The minimum atomic E-state index is -0.904. The first-order valence-electron chi connectivity index (χ1n) is 10.4. The Morgan fingerprint density at radius 2 is 1.46 bits per heavy atom. The van der Waals surface area contributed by atoms with Crippen molar-refractivity contribution in [2.45, 2.75) is 43.9 Å². The first-order chi connectivity index (χ1) is 13.5. The van der Waals surface area contributed by atoms with Crippen LogP contribution in [0, 0.1) is 17.8 Å². The Balaban J connectivity index is 1.62. The lowest BCUT2D eigenvalue weighted by molar-refractivity contribution is -0.131. The van der Waals surface area contributed by atoms with Crippen molar-refractivity contribution < 1.29 is 15.0 Å². The summed E-state index contributed by atoms with van der Waals surface area (Å²) >= 11 is 0. The minimum absolute atomic E-state index is 0.194. The standard InChI is InChI=1S/C25H26O3/c26-22-6-3-19(4-7-22)21-2-1-20(5-8-24(27)28)23(12-21)25-13-16-9-17(14-25)11-18(10-16)15-25/h1-8,12,16-18,26H,9-11,13-15H2,(H,27,28). The fourth-order valence-electron chi connectivity index (χ4n) is 6.60. The first kappa shape index (κ1) is 17.5. The minimum Gasteiger partial charge on any atom is -0.508 e. The second kappa shape index (κ2) is 6.51. The maximum Gasteiger partial charge on any atom is 0.328 e. The summed E-state index contributed by atoms with van der Waals surface area (Å²) in [5.41, 5.74) is 4.79. The summed E-state index contributed by atoms with van der Waals surface area (Å²) in [4.78, 5) is 11.1. The number of hydrogen-bond donors (Lipinski definition) is 2. The van der Waals surface area contributed by atoms with Crippen LogP contribution in [0.1, 0.15) is 49.7 Å².